The summed E-state index contributed by atoms with van der Waals surface area (Å²) < 4.78 is 32.3. The molecule has 1 atom stereocenters. The summed E-state index contributed by atoms with van der Waals surface area (Å²) in [5.74, 6) is 0.499. The quantitative estimate of drug-likeness (QED) is 0.284. The van der Waals surface area contributed by atoms with Crippen molar-refractivity contribution in [3.05, 3.63) is 112 Å². The zero-order chi connectivity index (χ0) is 32.1. The Labute approximate surface area is 267 Å². The van der Waals surface area contributed by atoms with Crippen molar-refractivity contribution in [2.75, 3.05) is 31.1 Å². The van der Waals surface area contributed by atoms with Gasteiger partial charge in [-0.3, -0.25) is 4.98 Å². The fourth-order valence-corrected chi connectivity index (χ4v) is 6.39. The van der Waals surface area contributed by atoms with Gasteiger partial charge in [0.1, 0.15) is 24.0 Å². The van der Waals surface area contributed by atoms with E-state index in [1.165, 1.54) is 48.2 Å². The lowest BCUT2D eigenvalue weighted by atomic mass is 9.86. The molecule has 2 aliphatic heterocycles. The van der Waals surface area contributed by atoms with Gasteiger partial charge in [0.2, 0.25) is 0 Å². The molecule has 2 N–H and O–H groups in total. The summed E-state index contributed by atoms with van der Waals surface area (Å²) in [6.07, 6.45) is 10.2. The number of pyridine rings is 1. The summed E-state index contributed by atoms with van der Waals surface area (Å²) in [5.41, 5.74) is 17.3. The fourth-order valence-electron chi connectivity index (χ4n) is 6.39. The monoisotopic (exact) mass is 612 g/mol. The molecule has 1 unspecified atom stereocenters. The number of halogens is 2. The van der Waals surface area contributed by atoms with E-state index in [0.29, 0.717) is 18.7 Å². The molecule has 1 saturated heterocycles. The molecule has 0 radical (unpaired) electrons. The molecule has 1 saturated carbocycles. The minimum Gasteiger partial charge on any atom is -0.490 e. The van der Waals surface area contributed by atoms with Gasteiger partial charge >= 0.3 is 0 Å². The van der Waals surface area contributed by atoms with Crippen LogP contribution in [0, 0.1) is 25.5 Å². The van der Waals surface area contributed by atoms with Crippen LogP contribution in [0.15, 0.2) is 72.1 Å². The van der Waals surface area contributed by atoms with Crippen molar-refractivity contribution < 1.29 is 13.5 Å². The number of aryl methyl sites for hydroxylation is 3. The summed E-state index contributed by atoms with van der Waals surface area (Å²) in [6.45, 7) is 15.9. The molecule has 1 aliphatic carbocycles. The Bertz CT molecular complexity index is 1610. The molecule has 6 rings (SSSR count). The number of anilines is 1. The average molecular weight is 613 g/mol. The fraction of sp³-hybridized carbons (Fsp3) is 0.395. The summed E-state index contributed by atoms with van der Waals surface area (Å²) in [7, 11) is 0. The number of allylic oxidation sites excluding steroid dienone is 2. The van der Waals surface area contributed by atoms with Crippen molar-refractivity contribution in [3.8, 4) is 5.75 Å². The minimum absolute atomic E-state index is 0.208. The number of fused-ring (bicyclic) bond motifs is 1. The summed E-state index contributed by atoms with van der Waals surface area (Å²) in [5, 5.41) is 0. The Hall–Kier alpha value is -3.97. The zero-order valence-corrected chi connectivity index (χ0v) is 27.1. The number of hydrogen-bond donors (Lipinski definition) is 1. The number of nitrogens with zero attached hydrogens (tertiary/aromatic N) is 3. The van der Waals surface area contributed by atoms with Crippen LogP contribution in [0.4, 0.5) is 14.5 Å². The highest BCUT2D eigenvalue weighted by Crippen LogP contribution is 2.43. The molecule has 3 aromatic rings. The van der Waals surface area contributed by atoms with Crippen molar-refractivity contribution in [1.29, 1.82) is 0 Å². The predicted molar refractivity (Wildman–Crippen MR) is 181 cm³/mol. The Morgan fingerprint density at radius 2 is 1.89 bits per heavy atom. The molecule has 2 fully saturated rings. The number of piperidine rings is 1. The van der Waals surface area contributed by atoms with E-state index in [1.54, 1.807) is 23.9 Å². The lowest BCUT2D eigenvalue weighted by Crippen LogP contribution is -2.42. The van der Waals surface area contributed by atoms with Gasteiger partial charge in [-0.05, 0) is 130 Å². The Morgan fingerprint density at radius 1 is 1.09 bits per heavy atom. The second-order valence-electron chi connectivity index (χ2n) is 12.4. The van der Waals surface area contributed by atoms with Crippen LogP contribution in [0.2, 0.25) is 0 Å². The van der Waals surface area contributed by atoms with E-state index in [9.17, 15) is 8.78 Å². The van der Waals surface area contributed by atoms with Crippen molar-refractivity contribution in [1.82, 2.24) is 9.88 Å². The summed E-state index contributed by atoms with van der Waals surface area (Å²) >= 11 is 0. The largest absolute Gasteiger partial charge is 0.490 e. The molecule has 0 spiro atoms. The van der Waals surface area contributed by atoms with Crippen molar-refractivity contribution in [3.63, 3.8) is 0 Å². The molecular weight excluding hydrogens is 566 g/mol. The third kappa shape index (κ3) is 7.47. The Kier molecular flexibility index (Phi) is 10.4. The van der Waals surface area contributed by atoms with Crippen molar-refractivity contribution in [2.45, 2.75) is 72.3 Å². The molecule has 45 heavy (non-hydrogen) atoms. The maximum Gasteiger partial charge on any atom is 0.144 e. The van der Waals surface area contributed by atoms with Crippen LogP contribution < -0.4 is 15.4 Å². The standard InChI is InChI=1S/C31H38FN3O.C7H8FN/c1-20(15-25-10-11-27(32)17-21(25)2)23(4)35-13-14-36-29-18-26(16-22(3)30(29)35)31(24-7-5-8-24)34-12-6-9-28(33)19-34;1-2-7-6(8)4-3-5-9-7/h10-11,15-18,28H,4-9,12-14,19,33H2,1-3H3;3-5H,2H2,1H3/b20-15+;. The van der Waals surface area contributed by atoms with E-state index in [0.717, 1.165) is 66.3 Å². The smallest absolute Gasteiger partial charge is 0.144 e. The number of benzene rings is 2. The maximum absolute atomic E-state index is 13.6. The molecule has 0 bridgehead atoms. The number of rotatable bonds is 6. The third-order valence-corrected chi connectivity index (χ3v) is 9.00. The summed E-state index contributed by atoms with van der Waals surface area (Å²) in [6, 6.07) is 12.7. The molecule has 3 aliphatic rings. The number of nitrogens with two attached hydrogens (primary N) is 1. The molecule has 5 nitrogen and oxygen atoms in total. The maximum atomic E-state index is 13.6. The van der Waals surface area contributed by atoms with Gasteiger partial charge in [0.15, 0.2) is 0 Å². The Balaban J connectivity index is 0.000000383. The highest BCUT2D eigenvalue weighted by Gasteiger charge is 2.29. The lowest BCUT2D eigenvalue weighted by molar-refractivity contribution is 0.291. The first-order chi connectivity index (χ1) is 21.7. The second-order valence-corrected chi connectivity index (χ2v) is 12.4. The lowest BCUT2D eigenvalue weighted by Gasteiger charge is -2.39. The third-order valence-electron chi connectivity index (χ3n) is 9.00. The van der Waals surface area contributed by atoms with E-state index < -0.39 is 0 Å². The van der Waals surface area contributed by atoms with E-state index in [2.05, 4.69) is 53.4 Å². The zero-order valence-electron chi connectivity index (χ0n) is 27.1. The van der Waals surface area contributed by atoms with E-state index >= 15 is 0 Å². The minimum atomic E-state index is -0.211. The first kappa shape index (κ1) is 32.4. The highest BCUT2D eigenvalue weighted by molar-refractivity contribution is 5.78. The second kappa shape index (κ2) is 14.4. The van der Waals surface area contributed by atoms with Gasteiger partial charge in [-0.2, -0.15) is 0 Å². The van der Waals surface area contributed by atoms with Crippen LogP contribution in [-0.2, 0) is 6.42 Å². The van der Waals surface area contributed by atoms with Crippen molar-refractivity contribution in [2.24, 2.45) is 5.73 Å². The van der Waals surface area contributed by atoms with Crippen LogP contribution in [0.3, 0.4) is 0 Å². The number of aromatic nitrogens is 1. The summed E-state index contributed by atoms with van der Waals surface area (Å²) in [4.78, 5) is 8.61. The van der Waals surface area contributed by atoms with Crippen LogP contribution in [0.1, 0.15) is 73.9 Å². The molecule has 0 amide bonds. The number of ether oxygens (including phenoxy) is 1. The van der Waals surface area contributed by atoms with Gasteiger partial charge in [0.05, 0.1) is 17.9 Å². The topological polar surface area (TPSA) is 54.6 Å². The molecule has 3 heterocycles. The first-order valence-corrected chi connectivity index (χ1v) is 16.2. The van der Waals surface area contributed by atoms with Gasteiger partial charge in [-0.25, -0.2) is 8.78 Å². The predicted octanol–water partition coefficient (Wildman–Crippen LogP) is 8.36. The van der Waals surface area contributed by atoms with Gasteiger partial charge in [0.25, 0.3) is 0 Å². The van der Waals surface area contributed by atoms with Crippen LogP contribution in [0.25, 0.3) is 11.8 Å². The van der Waals surface area contributed by atoms with E-state index in [-0.39, 0.29) is 17.7 Å². The van der Waals surface area contributed by atoms with Crippen LogP contribution in [-0.4, -0.2) is 42.2 Å². The highest BCUT2D eigenvalue weighted by atomic mass is 19.1. The van der Waals surface area contributed by atoms with Gasteiger partial charge in [-0.15, -0.1) is 0 Å². The van der Waals surface area contributed by atoms with Crippen LogP contribution in [0.5, 0.6) is 5.75 Å². The Morgan fingerprint density at radius 3 is 2.53 bits per heavy atom. The first-order valence-electron chi connectivity index (χ1n) is 16.2. The van der Waals surface area contributed by atoms with E-state index in [4.69, 9.17) is 10.5 Å². The number of likely N-dealkylation sites (tertiary alicyclic amines) is 1. The molecule has 1 aromatic heterocycles. The average Bonchev–Trinajstić information content (AvgIpc) is 3.00. The van der Waals surface area contributed by atoms with Crippen molar-refractivity contribution >= 4 is 17.5 Å². The normalized spacial score (nSPS) is 17.9. The van der Waals surface area contributed by atoms with Gasteiger partial charge in [-0.1, -0.05) is 19.6 Å². The van der Waals surface area contributed by atoms with E-state index in [1.807, 2.05) is 19.9 Å². The number of hydrogen-bond acceptors (Lipinski definition) is 5. The van der Waals surface area contributed by atoms with Gasteiger partial charge in [0, 0.05) is 42.3 Å². The molecular formula is C38H46F2N4O. The SMILES string of the molecule is C=C(/C(C)=C/c1ccc(F)cc1C)N1CCOc2cc(C(=C3CCC3)N3CCCC(N)C3)cc(C)c21.CCc1ncccc1F. The molecule has 238 valence electrons. The molecule has 2 aromatic carbocycles. The van der Waals surface area contributed by atoms with Crippen LogP contribution >= 0.6 is 0 Å². The van der Waals surface area contributed by atoms with Gasteiger partial charge < -0.3 is 20.3 Å². The molecule has 7 heteroatoms.